The molecule has 140 valence electrons. The molecule has 0 spiro atoms. The molecule has 0 aromatic carbocycles. The van der Waals surface area contributed by atoms with Crippen molar-refractivity contribution in [3.63, 3.8) is 0 Å². The number of nitrogens with one attached hydrogen (secondary N) is 2. The summed E-state index contributed by atoms with van der Waals surface area (Å²) in [6, 6.07) is 4.04. The van der Waals surface area contributed by atoms with E-state index in [1.54, 1.807) is 18.4 Å². The number of nitrogens with zero attached hydrogens (tertiary/aromatic N) is 3. The lowest BCUT2D eigenvalue weighted by atomic mass is 10.1. The number of aliphatic imine (C=N–C) groups is 1. The second-order valence-electron chi connectivity index (χ2n) is 6.59. The minimum atomic E-state index is 0.0755. The first-order valence-electron chi connectivity index (χ1n) is 8.80. The van der Waals surface area contributed by atoms with Crippen molar-refractivity contribution < 1.29 is 9.32 Å². The number of hydrogen-bond donors (Lipinski definition) is 2. The van der Waals surface area contributed by atoms with Crippen molar-refractivity contribution in [2.45, 2.75) is 39.3 Å². The molecule has 1 amide bonds. The second-order valence-corrected chi connectivity index (χ2v) is 7.59. The summed E-state index contributed by atoms with van der Waals surface area (Å²) in [6.07, 6.45) is 0.940. The Morgan fingerprint density at radius 1 is 1.46 bits per heavy atom. The van der Waals surface area contributed by atoms with Gasteiger partial charge in [-0.05, 0) is 29.3 Å². The highest BCUT2D eigenvalue weighted by Gasteiger charge is 2.21. The summed E-state index contributed by atoms with van der Waals surface area (Å²) in [5, 5.41) is 12.3. The van der Waals surface area contributed by atoms with Gasteiger partial charge in [-0.2, -0.15) is 0 Å². The van der Waals surface area contributed by atoms with Gasteiger partial charge in [-0.1, -0.05) is 19.0 Å². The summed E-state index contributed by atoms with van der Waals surface area (Å²) in [4.78, 5) is 19.9. The van der Waals surface area contributed by atoms with Gasteiger partial charge in [0, 0.05) is 31.1 Å². The third kappa shape index (κ3) is 4.43. The number of aromatic nitrogens is 1. The van der Waals surface area contributed by atoms with Crippen LogP contribution < -0.4 is 10.6 Å². The average Bonchev–Trinajstić information content (AvgIpc) is 3.30. The third-order valence-corrected chi connectivity index (χ3v) is 5.41. The molecule has 0 bridgehead atoms. The quantitative estimate of drug-likeness (QED) is 0.618. The van der Waals surface area contributed by atoms with Gasteiger partial charge in [0.25, 0.3) is 0 Å². The maximum absolute atomic E-state index is 12.5. The van der Waals surface area contributed by atoms with Gasteiger partial charge in [-0.3, -0.25) is 9.79 Å². The Morgan fingerprint density at radius 3 is 3.04 bits per heavy atom. The molecule has 2 aromatic rings. The molecule has 2 aromatic heterocycles. The summed E-state index contributed by atoms with van der Waals surface area (Å²) in [6.45, 7) is 6.29. The maximum Gasteiger partial charge on any atom is 0.242 e. The molecule has 0 saturated heterocycles. The van der Waals surface area contributed by atoms with E-state index < -0.39 is 0 Å². The molecule has 8 heteroatoms. The van der Waals surface area contributed by atoms with Crippen molar-refractivity contribution in [2.75, 3.05) is 20.1 Å². The van der Waals surface area contributed by atoms with Crippen LogP contribution in [0.3, 0.4) is 0 Å². The van der Waals surface area contributed by atoms with Gasteiger partial charge in [0.1, 0.15) is 0 Å². The highest BCUT2D eigenvalue weighted by molar-refractivity contribution is 7.10. The Morgan fingerprint density at radius 2 is 2.31 bits per heavy atom. The summed E-state index contributed by atoms with van der Waals surface area (Å²) in [5.41, 5.74) is 2.20. The molecule has 0 fully saturated rings. The lowest BCUT2D eigenvalue weighted by molar-refractivity contribution is -0.130. The molecule has 26 heavy (non-hydrogen) atoms. The van der Waals surface area contributed by atoms with Crippen LogP contribution in [0.25, 0.3) is 0 Å². The van der Waals surface area contributed by atoms with Crippen LogP contribution >= 0.6 is 11.3 Å². The zero-order chi connectivity index (χ0) is 18.5. The lowest BCUT2D eigenvalue weighted by Gasteiger charge is -2.27. The van der Waals surface area contributed by atoms with Crippen molar-refractivity contribution >= 4 is 23.2 Å². The molecule has 0 atom stereocenters. The molecular formula is C18H25N5O2S. The summed E-state index contributed by atoms with van der Waals surface area (Å²) in [5.74, 6) is 1.71. The molecule has 1 aliphatic rings. The molecule has 0 unspecified atom stereocenters. The minimum Gasteiger partial charge on any atom is -0.359 e. The zero-order valence-corrected chi connectivity index (χ0v) is 16.2. The molecule has 3 heterocycles. The fraction of sp³-hybridized carbons (Fsp3) is 0.500. The van der Waals surface area contributed by atoms with E-state index >= 15 is 0 Å². The van der Waals surface area contributed by atoms with Crippen molar-refractivity contribution in [1.82, 2.24) is 20.7 Å². The van der Waals surface area contributed by atoms with E-state index in [0.717, 1.165) is 24.4 Å². The van der Waals surface area contributed by atoms with E-state index in [0.29, 0.717) is 25.0 Å². The van der Waals surface area contributed by atoms with Crippen molar-refractivity contribution in [2.24, 2.45) is 4.99 Å². The molecule has 7 nitrogen and oxygen atoms in total. The summed E-state index contributed by atoms with van der Waals surface area (Å²) < 4.78 is 5.30. The molecule has 3 rings (SSSR count). The van der Waals surface area contributed by atoms with Crippen molar-refractivity contribution in [3.05, 3.63) is 39.4 Å². The molecule has 0 radical (unpaired) electrons. The number of rotatable bonds is 5. The SMILES string of the molecule is CN=C(NCC(=O)N1CCc2sccc2C1)NCc1cc(C(C)C)no1. The fourth-order valence-corrected chi connectivity index (χ4v) is 3.70. The van der Waals surface area contributed by atoms with Gasteiger partial charge in [0.2, 0.25) is 5.91 Å². The first-order valence-corrected chi connectivity index (χ1v) is 9.67. The molecule has 0 aliphatic carbocycles. The van der Waals surface area contributed by atoms with Gasteiger partial charge >= 0.3 is 0 Å². The standard InChI is InChI=1S/C18H25N5O2S/c1-12(2)15-8-14(25-22-15)9-20-18(19-3)21-10-17(24)23-6-4-16-13(11-23)5-7-26-16/h5,7-8,12H,4,6,9-11H2,1-3H3,(H2,19,20,21). The highest BCUT2D eigenvalue weighted by Crippen LogP contribution is 2.23. The number of guanidine groups is 1. The van der Waals surface area contributed by atoms with Gasteiger partial charge in [-0.15, -0.1) is 11.3 Å². The predicted octanol–water partition coefficient (Wildman–Crippen LogP) is 2.11. The Bertz CT molecular complexity index is 780. The van der Waals surface area contributed by atoms with E-state index in [-0.39, 0.29) is 12.5 Å². The predicted molar refractivity (Wildman–Crippen MR) is 102 cm³/mol. The van der Waals surface area contributed by atoms with E-state index in [4.69, 9.17) is 4.52 Å². The second kappa shape index (κ2) is 8.35. The number of carbonyl (C=O) groups excluding carboxylic acids is 1. The van der Waals surface area contributed by atoms with Gasteiger partial charge in [-0.25, -0.2) is 0 Å². The maximum atomic E-state index is 12.5. The number of amides is 1. The van der Waals surface area contributed by atoms with Gasteiger partial charge in [0.05, 0.1) is 18.8 Å². The average molecular weight is 375 g/mol. The van der Waals surface area contributed by atoms with E-state index in [1.807, 2.05) is 11.0 Å². The van der Waals surface area contributed by atoms with E-state index in [9.17, 15) is 4.79 Å². The van der Waals surface area contributed by atoms with Crippen LogP contribution in [0.5, 0.6) is 0 Å². The normalized spacial score (nSPS) is 14.5. The van der Waals surface area contributed by atoms with Gasteiger partial charge in [0.15, 0.2) is 11.7 Å². The molecule has 1 aliphatic heterocycles. The first-order chi connectivity index (χ1) is 12.6. The van der Waals surface area contributed by atoms with Crippen LogP contribution in [-0.4, -0.2) is 42.1 Å². The molecule has 0 saturated carbocycles. The van der Waals surface area contributed by atoms with Crippen molar-refractivity contribution in [3.8, 4) is 0 Å². The van der Waals surface area contributed by atoms with Crippen LogP contribution in [0.15, 0.2) is 27.0 Å². The zero-order valence-electron chi connectivity index (χ0n) is 15.4. The highest BCUT2D eigenvalue weighted by atomic mass is 32.1. The number of fused-ring (bicyclic) bond motifs is 1. The largest absolute Gasteiger partial charge is 0.359 e. The smallest absolute Gasteiger partial charge is 0.242 e. The third-order valence-electron chi connectivity index (χ3n) is 4.39. The summed E-state index contributed by atoms with van der Waals surface area (Å²) >= 11 is 1.77. The van der Waals surface area contributed by atoms with Crippen LogP contribution in [0.4, 0.5) is 0 Å². The summed E-state index contributed by atoms with van der Waals surface area (Å²) in [7, 11) is 1.68. The number of thiophene rings is 1. The Balaban J connectivity index is 1.45. The Labute approximate surface area is 157 Å². The van der Waals surface area contributed by atoms with Gasteiger partial charge < -0.3 is 20.1 Å². The minimum absolute atomic E-state index is 0.0755. The Kier molecular flexibility index (Phi) is 5.92. The van der Waals surface area contributed by atoms with Crippen molar-refractivity contribution in [1.29, 1.82) is 0 Å². The van der Waals surface area contributed by atoms with Crippen LogP contribution in [-0.2, 0) is 24.3 Å². The number of carbonyl (C=O) groups is 1. The first kappa shape index (κ1) is 18.4. The Hall–Kier alpha value is -2.35. The molecule has 2 N–H and O–H groups in total. The molecular weight excluding hydrogens is 350 g/mol. The lowest BCUT2D eigenvalue weighted by Crippen LogP contribution is -2.45. The van der Waals surface area contributed by atoms with E-state index in [1.165, 1.54) is 10.4 Å². The topological polar surface area (TPSA) is 82.8 Å². The number of hydrogen-bond acceptors (Lipinski definition) is 5. The monoisotopic (exact) mass is 375 g/mol. The fourth-order valence-electron chi connectivity index (χ4n) is 2.81. The van der Waals surface area contributed by atoms with Crippen LogP contribution in [0.2, 0.25) is 0 Å². The van der Waals surface area contributed by atoms with Crippen LogP contribution in [0.1, 0.15) is 41.7 Å². The van der Waals surface area contributed by atoms with E-state index in [2.05, 4.69) is 46.1 Å². The van der Waals surface area contributed by atoms with Crippen LogP contribution in [0, 0.1) is 0 Å².